The van der Waals surface area contributed by atoms with E-state index in [2.05, 4.69) is 32.6 Å². The second-order valence-electron chi connectivity index (χ2n) is 5.64. The Labute approximate surface area is 171 Å². The third kappa shape index (κ3) is 4.77. The molecule has 0 aliphatic carbocycles. The van der Waals surface area contributed by atoms with Gasteiger partial charge in [0.15, 0.2) is 0 Å². The second-order valence-corrected chi connectivity index (χ2v) is 8.52. The maximum absolute atomic E-state index is 13.8. The Morgan fingerprint density at radius 3 is 2.96 bits per heavy atom. The van der Waals surface area contributed by atoms with Gasteiger partial charge in [-0.1, -0.05) is 33.8 Å². The van der Waals surface area contributed by atoms with Gasteiger partial charge in [-0.25, -0.2) is 4.39 Å². The molecule has 2 aromatic rings. The monoisotopic (exact) mass is 465 g/mol. The number of carbonyl (C=O) groups excluding carboxylic acids is 2. The summed E-state index contributed by atoms with van der Waals surface area (Å²) in [5, 5.41) is 17.0. The Kier molecular flexibility index (Phi) is 6.31. The number of thiophene rings is 1. The topological polar surface area (TPSA) is 82.0 Å². The molecule has 0 saturated carbocycles. The van der Waals surface area contributed by atoms with Crippen molar-refractivity contribution in [1.82, 2.24) is 5.32 Å². The number of thioether (sulfide) groups is 1. The summed E-state index contributed by atoms with van der Waals surface area (Å²) in [6, 6.07) is 10.2. The predicted octanol–water partition coefficient (Wildman–Crippen LogP) is 4.36. The van der Waals surface area contributed by atoms with Crippen molar-refractivity contribution in [2.45, 2.75) is 12.3 Å². The lowest BCUT2D eigenvalue weighted by Crippen LogP contribution is -2.31. The second kappa shape index (κ2) is 8.69. The molecule has 1 aromatic heterocycles. The van der Waals surface area contributed by atoms with E-state index in [-0.39, 0.29) is 29.7 Å². The Morgan fingerprint density at radius 2 is 2.30 bits per heavy atom. The molecule has 1 atom stereocenters. The van der Waals surface area contributed by atoms with Gasteiger partial charge < -0.3 is 10.6 Å². The van der Waals surface area contributed by atoms with Crippen LogP contribution in [0.3, 0.4) is 0 Å². The summed E-state index contributed by atoms with van der Waals surface area (Å²) < 4.78 is 14.4. The number of nitrogens with zero attached hydrogens (tertiary/aromatic N) is 1. The molecule has 3 rings (SSSR count). The summed E-state index contributed by atoms with van der Waals surface area (Å²) in [5.41, 5.74) is 0.507. The van der Waals surface area contributed by atoms with Gasteiger partial charge in [-0.05, 0) is 29.6 Å². The summed E-state index contributed by atoms with van der Waals surface area (Å²) in [4.78, 5) is 25.1. The van der Waals surface area contributed by atoms with Crippen molar-refractivity contribution in [1.29, 1.82) is 5.26 Å². The molecule has 1 aromatic carbocycles. The van der Waals surface area contributed by atoms with Crippen LogP contribution in [0, 0.1) is 17.1 Å². The van der Waals surface area contributed by atoms with Gasteiger partial charge in [0, 0.05) is 21.7 Å². The molecule has 2 amide bonds. The van der Waals surface area contributed by atoms with E-state index in [4.69, 9.17) is 0 Å². The van der Waals surface area contributed by atoms with Crippen LogP contribution in [-0.4, -0.2) is 17.6 Å². The Bertz CT molecular complexity index is 954. The normalized spacial score (nSPS) is 16.6. The summed E-state index contributed by atoms with van der Waals surface area (Å²) in [6.45, 7) is 0. The zero-order valence-electron chi connectivity index (χ0n) is 13.8. The quantitative estimate of drug-likeness (QED) is 0.686. The van der Waals surface area contributed by atoms with Crippen molar-refractivity contribution in [2.24, 2.45) is 0 Å². The highest BCUT2D eigenvalue weighted by atomic mass is 79.9. The van der Waals surface area contributed by atoms with Crippen molar-refractivity contribution in [3.8, 4) is 6.07 Å². The first-order chi connectivity index (χ1) is 13.0. The number of rotatable bonds is 5. The van der Waals surface area contributed by atoms with E-state index in [0.29, 0.717) is 15.1 Å². The predicted molar refractivity (Wildman–Crippen MR) is 108 cm³/mol. The van der Waals surface area contributed by atoms with Crippen molar-refractivity contribution >= 4 is 56.5 Å². The van der Waals surface area contributed by atoms with Crippen molar-refractivity contribution in [2.75, 3.05) is 11.1 Å². The molecule has 0 bridgehead atoms. The van der Waals surface area contributed by atoms with Crippen LogP contribution in [0.1, 0.15) is 17.2 Å². The van der Waals surface area contributed by atoms with Crippen LogP contribution in [0.5, 0.6) is 0 Å². The zero-order chi connectivity index (χ0) is 19.4. The molecule has 0 unspecified atom stereocenters. The lowest BCUT2D eigenvalue weighted by molar-refractivity contribution is -0.121. The first-order valence-electron chi connectivity index (χ1n) is 7.83. The molecule has 1 aliphatic heterocycles. The van der Waals surface area contributed by atoms with Crippen LogP contribution in [-0.2, 0) is 9.59 Å². The fraction of sp³-hybridized carbons (Fsp3) is 0.167. The SMILES string of the molecule is N#CC1=C(SCC(=O)Nc2ccc(Br)cc2F)NC(=O)C[C@@H]1c1cccs1. The molecular formula is C18H13BrFN3O2S2. The zero-order valence-corrected chi connectivity index (χ0v) is 17.0. The minimum Gasteiger partial charge on any atom is -0.323 e. The molecule has 27 heavy (non-hydrogen) atoms. The van der Waals surface area contributed by atoms with Gasteiger partial charge in [-0.3, -0.25) is 9.59 Å². The average molecular weight is 466 g/mol. The molecule has 0 fully saturated rings. The summed E-state index contributed by atoms with van der Waals surface area (Å²) in [7, 11) is 0. The highest BCUT2D eigenvalue weighted by Gasteiger charge is 2.30. The fourth-order valence-electron chi connectivity index (χ4n) is 2.58. The number of allylic oxidation sites excluding steroid dienone is 1. The maximum Gasteiger partial charge on any atom is 0.234 e. The number of amides is 2. The van der Waals surface area contributed by atoms with Crippen LogP contribution in [0.15, 0.2) is 50.8 Å². The van der Waals surface area contributed by atoms with Crippen molar-refractivity contribution in [3.63, 3.8) is 0 Å². The highest BCUT2D eigenvalue weighted by Crippen LogP contribution is 2.37. The van der Waals surface area contributed by atoms with Crippen molar-refractivity contribution < 1.29 is 14.0 Å². The van der Waals surface area contributed by atoms with Gasteiger partial charge in [0.1, 0.15) is 5.82 Å². The molecular weight excluding hydrogens is 453 g/mol. The fourth-order valence-corrected chi connectivity index (χ4v) is 4.63. The summed E-state index contributed by atoms with van der Waals surface area (Å²) in [6.07, 6.45) is 0.198. The van der Waals surface area contributed by atoms with E-state index in [1.165, 1.54) is 23.5 Å². The lowest BCUT2D eigenvalue weighted by atomic mass is 9.93. The third-order valence-electron chi connectivity index (χ3n) is 3.80. The van der Waals surface area contributed by atoms with Gasteiger partial charge in [-0.2, -0.15) is 5.26 Å². The number of carbonyl (C=O) groups is 2. The Hall–Kier alpha value is -2.15. The van der Waals surface area contributed by atoms with Crippen LogP contribution in [0.25, 0.3) is 0 Å². The van der Waals surface area contributed by atoms with Crippen LogP contribution >= 0.6 is 39.0 Å². The standard InChI is InChI=1S/C18H13BrFN3O2S2/c19-10-3-4-14(13(20)6-10)22-17(25)9-27-18-12(8-21)11(7-16(24)23-18)15-2-1-5-26-15/h1-6,11H,7,9H2,(H,22,25)(H,23,24)/t11-/m0/s1. The van der Waals surface area contributed by atoms with Gasteiger partial charge in [0.25, 0.3) is 0 Å². The van der Waals surface area contributed by atoms with Gasteiger partial charge in [0.2, 0.25) is 11.8 Å². The third-order valence-corrected chi connectivity index (χ3v) is 6.29. The largest absolute Gasteiger partial charge is 0.323 e. The summed E-state index contributed by atoms with van der Waals surface area (Å²) >= 11 is 5.69. The Balaban J connectivity index is 1.72. The number of nitrogens with one attached hydrogen (secondary N) is 2. The molecule has 0 saturated heterocycles. The molecule has 138 valence electrons. The van der Waals surface area contributed by atoms with Gasteiger partial charge >= 0.3 is 0 Å². The van der Waals surface area contributed by atoms with Gasteiger partial charge in [0.05, 0.1) is 28.1 Å². The number of halogens is 2. The van der Waals surface area contributed by atoms with Crippen LogP contribution < -0.4 is 10.6 Å². The van der Waals surface area contributed by atoms with E-state index in [0.717, 1.165) is 16.6 Å². The minimum atomic E-state index is -0.552. The first-order valence-corrected chi connectivity index (χ1v) is 10.5. The van der Waals surface area contributed by atoms with Crippen molar-refractivity contribution in [3.05, 3.63) is 61.5 Å². The maximum atomic E-state index is 13.8. The number of anilines is 1. The van der Waals surface area contributed by atoms with E-state index in [1.54, 1.807) is 6.07 Å². The van der Waals surface area contributed by atoms with E-state index < -0.39 is 11.7 Å². The van der Waals surface area contributed by atoms with Crippen LogP contribution in [0.4, 0.5) is 10.1 Å². The number of nitriles is 1. The Morgan fingerprint density at radius 1 is 1.48 bits per heavy atom. The molecule has 0 spiro atoms. The average Bonchev–Trinajstić information content (AvgIpc) is 3.16. The number of hydrogen-bond donors (Lipinski definition) is 2. The summed E-state index contributed by atoms with van der Waals surface area (Å²) in [5.74, 6) is -1.55. The smallest absolute Gasteiger partial charge is 0.234 e. The van der Waals surface area contributed by atoms with E-state index in [1.807, 2.05) is 17.5 Å². The van der Waals surface area contributed by atoms with Crippen LogP contribution in [0.2, 0.25) is 0 Å². The highest BCUT2D eigenvalue weighted by molar-refractivity contribution is 9.10. The molecule has 0 radical (unpaired) electrons. The number of hydrogen-bond acceptors (Lipinski definition) is 5. The molecule has 9 heteroatoms. The molecule has 5 nitrogen and oxygen atoms in total. The first kappa shape index (κ1) is 19.6. The minimum absolute atomic E-state index is 0.0620. The molecule has 2 N–H and O–H groups in total. The number of benzene rings is 1. The van der Waals surface area contributed by atoms with Gasteiger partial charge in [-0.15, -0.1) is 11.3 Å². The van der Waals surface area contributed by atoms with E-state index in [9.17, 15) is 19.2 Å². The molecule has 1 aliphatic rings. The van der Waals surface area contributed by atoms with E-state index >= 15 is 0 Å². The lowest BCUT2D eigenvalue weighted by Gasteiger charge is -2.23. The molecule has 2 heterocycles.